The van der Waals surface area contributed by atoms with Gasteiger partial charge in [-0.15, -0.1) is 11.3 Å². The maximum Gasteiger partial charge on any atom is 0.262 e. The second-order valence-electron chi connectivity index (χ2n) is 7.57. The normalized spacial score (nSPS) is 14.8. The van der Waals surface area contributed by atoms with Gasteiger partial charge in [-0.1, -0.05) is 30.3 Å². The van der Waals surface area contributed by atoms with Crippen molar-refractivity contribution in [3.05, 3.63) is 69.6 Å². The van der Waals surface area contributed by atoms with Gasteiger partial charge in [0, 0.05) is 4.88 Å². The van der Waals surface area contributed by atoms with Crippen molar-refractivity contribution in [1.29, 1.82) is 0 Å². The van der Waals surface area contributed by atoms with Crippen LogP contribution >= 0.6 is 11.3 Å². The average molecular weight is 407 g/mol. The molecule has 5 nitrogen and oxygen atoms in total. The maximum absolute atomic E-state index is 13.0. The number of aryl methyl sites for hydroxylation is 2. The Bertz CT molecular complexity index is 1240. The standard InChI is InChI=1S/C23H22N2O3S/c26-17(13-28-18-10-9-15-5-1-2-6-16(15)11-18)12-25-14-24-22-21(23(25)27)19-7-3-4-8-20(19)29-22/h1-2,5-6,9-11,14,17,26H,3-4,7-8,12-13H2. The molecule has 1 N–H and O–H groups in total. The van der Waals surface area contributed by atoms with Gasteiger partial charge < -0.3 is 9.84 Å². The predicted molar refractivity (Wildman–Crippen MR) is 116 cm³/mol. The number of rotatable bonds is 5. The Balaban J connectivity index is 1.32. The van der Waals surface area contributed by atoms with Crippen LogP contribution in [0.3, 0.4) is 0 Å². The number of aliphatic hydroxyl groups excluding tert-OH is 1. The third-order valence-corrected chi connectivity index (χ3v) is 6.71. The fraction of sp³-hybridized carbons (Fsp3) is 0.304. The number of ether oxygens (including phenoxy) is 1. The van der Waals surface area contributed by atoms with Crippen molar-refractivity contribution in [3.63, 3.8) is 0 Å². The number of aliphatic hydroxyl groups is 1. The van der Waals surface area contributed by atoms with Gasteiger partial charge in [-0.05, 0) is 54.2 Å². The summed E-state index contributed by atoms with van der Waals surface area (Å²) in [5.74, 6) is 0.704. The van der Waals surface area contributed by atoms with E-state index >= 15 is 0 Å². The van der Waals surface area contributed by atoms with E-state index in [0.29, 0.717) is 5.75 Å². The first-order valence-electron chi connectivity index (χ1n) is 9.98. The van der Waals surface area contributed by atoms with Crippen LogP contribution in [-0.2, 0) is 19.4 Å². The van der Waals surface area contributed by atoms with E-state index in [4.69, 9.17) is 4.74 Å². The summed E-state index contributed by atoms with van der Waals surface area (Å²) in [5, 5.41) is 13.4. The van der Waals surface area contributed by atoms with Crippen LogP contribution in [0.15, 0.2) is 53.6 Å². The molecule has 4 aromatic rings. The molecule has 0 amide bonds. The molecule has 0 saturated carbocycles. The van der Waals surface area contributed by atoms with Crippen LogP contribution in [0.1, 0.15) is 23.3 Å². The molecular formula is C23H22N2O3S. The first-order valence-corrected chi connectivity index (χ1v) is 10.8. The molecular weight excluding hydrogens is 384 g/mol. The lowest BCUT2D eigenvalue weighted by atomic mass is 9.97. The number of nitrogens with zero attached hydrogens (tertiary/aromatic N) is 2. The van der Waals surface area contributed by atoms with Gasteiger partial charge >= 0.3 is 0 Å². The summed E-state index contributed by atoms with van der Waals surface area (Å²) in [6.45, 7) is 0.282. The van der Waals surface area contributed by atoms with Crippen LogP contribution in [0.25, 0.3) is 21.0 Å². The highest BCUT2D eigenvalue weighted by molar-refractivity contribution is 7.18. The third-order valence-electron chi connectivity index (χ3n) is 5.51. The van der Waals surface area contributed by atoms with E-state index < -0.39 is 6.10 Å². The Kier molecular flexibility index (Phi) is 4.81. The van der Waals surface area contributed by atoms with Crippen LogP contribution in [0.5, 0.6) is 5.75 Å². The smallest absolute Gasteiger partial charge is 0.262 e. The van der Waals surface area contributed by atoms with E-state index in [0.717, 1.165) is 40.3 Å². The van der Waals surface area contributed by atoms with Crippen molar-refractivity contribution in [2.75, 3.05) is 6.61 Å². The molecule has 1 atom stereocenters. The van der Waals surface area contributed by atoms with Gasteiger partial charge in [-0.2, -0.15) is 0 Å². The molecule has 1 unspecified atom stereocenters. The van der Waals surface area contributed by atoms with Crippen molar-refractivity contribution >= 4 is 32.3 Å². The van der Waals surface area contributed by atoms with Crippen LogP contribution < -0.4 is 10.3 Å². The van der Waals surface area contributed by atoms with E-state index in [-0.39, 0.29) is 18.7 Å². The summed E-state index contributed by atoms with van der Waals surface area (Å²) in [4.78, 5) is 19.6. The number of benzene rings is 2. The number of hydrogen-bond acceptors (Lipinski definition) is 5. The largest absolute Gasteiger partial charge is 0.491 e. The summed E-state index contributed by atoms with van der Waals surface area (Å²) in [6.07, 6.45) is 5.04. The van der Waals surface area contributed by atoms with Gasteiger partial charge in [0.1, 0.15) is 23.3 Å². The summed E-state index contributed by atoms with van der Waals surface area (Å²) < 4.78 is 7.28. The number of aromatic nitrogens is 2. The minimum absolute atomic E-state index is 0.0563. The van der Waals surface area contributed by atoms with Crippen molar-refractivity contribution in [3.8, 4) is 5.75 Å². The lowest BCUT2D eigenvalue weighted by molar-refractivity contribution is 0.0915. The average Bonchev–Trinajstić information content (AvgIpc) is 3.13. The van der Waals surface area contributed by atoms with E-state index in [2.05, 4.69) is 4.98 Å². The molecule has 29 heavy (non-hydrogen) atoms. The molecule has 2 aromatic carbocycles. The van der Waals surface area contributed by atoms with Gasteiger partial charge in [0.05, 0.1) is 18.3 Å². The van der Waals surface area contributed by atoms with Crippen LogP contribution in [-0.4, -0.2) is 27.4 Å². The summed E-state index contributed by atoms with van der Waals surface area (Å²) in [5.41, 5.74) is 1.11. The molecule has 0 fully saturated rings. The highest BCUT2D eigenvalue weighted by Crippen LogP contribution is 2.33. The third kappa shape index (κ3) is 3.54. The zero-order valence-electron chi connectivity index (χ0n) is 16.0. The van der Waals surface area contributed by atoms with Gasteiger partial charge in [-0.3, -0.25) is 9.36 Å². The quantitative estimate of drug-likeness (QED) is 0.545. The molecule has 0 saturated heterocycles. The monoisotopic (exact) mass is 406 g/mol. The molecule has 0 aliphatic heterocycles. The van der Waals surface area contributed by atoms with Crippen LogP contribution in [0.4, 0.5) is 0 Å². The Morgan fingerprint density at radius 1 is 1.14 bits per heavy atom. The van der Waals surface area contributed by atoms with Crippen molar-refractivity contribution in [1.82, 2.24) is 9.55 Å². The molecule has 0 radical (unpaired) electrons. The van der Waals surface area contributed by atoms with E-state index in [1.165, 1.54) is 21.4 Å². The zero-order chi connectivity index (χ0) is 19.8. The van der Waals surface area contributed by atoms with Crippen molar-refractivity contribution in [2.45, 2.75) is 38.3 Å². The molecule has 0 bridgehead atoms. The second kappa shape index (κ2) is 7.61. The minimum atomic E-state index is -0.798. The lowest BCUT2D eigenvalue weighted by Crippen LogP contribution is -2.30. The Hall–Kier alpha value is -2.70. The molecule has 5 rings (SSSR count). The first-order chi connectivity index (χ1) is 14.2. The molecule has 0 spiro atoms. The summed E-state index contributed by atoms with van der Waals surface area (Å²) in [7, 11) is 0. The van der Waals surface area contributed by atoms with Gasteiger partial charge in [-0.25, -0.2) is 4.98 Å². The van der Waals surface area contributed by atoms with Crippen molar-refractivity contribution in [2.24, 2.45) is 0 Å². The highest BCUT2D eigenvalue weighted by Gasteiger charge is 2.20. The zero-order valence-corrected chi connectivity index (χ0v) is 16.8. The SMILES string of the molecule is O=c1c2c3c(sc2ncn1CC(O)COc1ccc2ccccc2c1)CCCC3. The van der Waals surface area contributed by atoms with E-state index in [1.54, 1.807) is 17.7 Å². The predicted octanol–water partition coefficient (Wildman–Crippen LogP) is 3.93. The lowest BCUT2D eigenvalue weighted by Gasteiger charge is -2.14. The Labute approximate surface area is 172 Å². The Morgan fingerprint density at radius 2 is 1.97 bits per heavy atom. The second-order valence-corrected chi connectivity index (χ2v) is 8.65. The highest BCUT2D eigenvalue weighted by atomic mass is 32.1. The number of hydrogen-bond donors (Lipinski definition) is 1. The molecule has 148 valence electrons. The fourth-order valence-electron chi connectivity index (χ4n) is 4.04. The van der Waals surface area contributed by atoms with Crippen LogP contribution in [0, 0.1) is 0 Å². The van der Waals surface area contributed by atoms with Crippen LogP contribution in [0.2, 0.25) is 0 Å². The summed E-state index contributed by atoms with van der Waals surface area (Å²) in [6, 6.07) is 13.9. The topological polar surface area (TPSA) is 64.4 Å². The summed E-state index contributed by atoms with van der Waals surface area (Å²) >= 11 is 1.64. The van der Waals surface area contributed by atoms with E-state index in [9.17, 15) is 9.90 Å². The van der Waals surface area contributed by atoms with Crippen molar-refractivity contribution < 1.29 is 9.84 Å². The number of fused-ring (bicyclic) bond motifs is 4. The molecule has 2 heterocycles. The van der Waals surface area contributed by atoms with Gasteiger partial charge in [0.2, 0.25) is 0 Å². The number of thiophene rings is 1. The fourth-order valence-corrected chi connectivity index (χ4v) is 5.26. The van der Waals surface area contributed by atoms with Gasteiger partial charge in [0.25, 0.3) is 5.56 Å². The minimum Gasteiger partial charge on any atom is -0.491 e. The van der Waals surface area contributed by atoms with E-state index in [1.807, 2.05) is 42.5 Å². The molecule has 6 heteroatoms. The van der Waals surface area contributed by atoms with Gasteiger partial charge in [0.15, 0.2) is 0 Å². The Morgan fingerprint density at radius 3 is 2.86 bits per heavy atom. The molecule has 1 aliphatic carbocycles. The molecule has 2 aromatic heterocycles. The molecule has 1 aliphatic rings. The maximum atomic E-state index is 13.0. The first kappa shape index (κ1) is 18.3.